The number of carbonyl (C=O) groups is 1. The number of benzene rings is 2. The van der Waals surface area contributed by atoms with Gasteiger partial charge < -0.3 is 0 Å². The molecule has 0 bridgehead atoms. The number of ketones is 1. The molecule has 0 aliphatic rings. The lowest BCUT2D eigenvalue weighted by Gasteiger charge is -2.11. The Morgan fingerprint density at radius 1 is 1.16 bits per heavy atom. The molecule has 0 radical (unpaired) electrons. The minimum atomic E-state index is -0.875. The van der Waals surface area contributed by atoms with Gasteiger partial charge in [-0.05, 0) is 36.2 Å². The second-order valence-electron chi connectivity index (χ2n) is 4.21. The summed E-state index contributed by atoms with van der Waals surface area (Å²) in [5.74, 6) is -0.657. The van der Waals surface area contributed by atoms with Crippen LogP contribution >= 0.6 is 23.2 Å². The molecule has 1 unspecified atom stereocenters. The molecule has 1 atom stereocenters. The van der Waals surface area contributed by atoms with Crippen LogP contribution in [-0.2, 0) is 0 Å². The van der Waals surface area contributed by atoms with Crippen LogP contribution in [0, 0.1) is 12.7 Å². The molecule has 0 saturated heterocycles. The van der Waals surface area contributed by atoms with Gasteiger partial charge in [-0.2, -0.15) is 0 Å². The Morgan fingerprint density at radius 2 is 1.79 bits per heavy atom. The van der Waals surface area contributed by atoms with Gasteiger partial charge >= 0.3 is 0 Å². The van der Waals surface area contributed by atoms with Crippen molar-refractivity contribution in [3.05, 3.63) is 70.0 Å². The molecule has 0 fully saturated rings. The molecule has 0 amide bonds. The molecule has 2 rings (SSSR count). The van der Waals surface area contributed by atoms with Gasteiger partial charge in [-0.1, -0.05) is 35.9 Å². The van der Waals surface area contributed by atoms with Crippen LogP contribution in [0.4, 0.5) is 4.39 Å². The summed E-state index contributed by atoms with van der Waals surface area (Å²) in [4.78, 5) is 12.3. The highest BCUT2D eigenvalue weighted by atomic mass is 35.5. The van der Waals surface area contributed by atoms with Crippen LogP contribution in [0.5, 0.6) is 0 Å². The first-order chi connectivity index (χ1) is 9.00. The second kappa shape index (κ2) is 5.72. The van der Waals surface area contributed by atoms with Crippen molar-refractivity contribution in [1.29, 1.82) is 0 Å². The van der Waals surface area contributed by atoms with Crippen molar-refractivity contribution in [1.82, 2.24) is 0 Å². The summed E-state index contributed by atoms with van der Waals surface area (Å²) < 4.78 is 12.8. The van der Waals surface area contributed by atoms with E-state index in [1.165, 1.54) is 24.3 Å². The zero-order valence-corrected chi connectivity index (χ0v) is 11.7. The third-order valence-corrected chi connectivity index (χ3v) is 3.80. The quantitative estimate of drug-likeness (QED) is 0.578. The number of aryl methyl sites for hydroxylation is 1. The highest BCUT2D eigenvalue weighted by molar-refractivity contribution is 6.39. The summed E-state index contributed by atoms with van der Waals surface area (Å²) in [6, 6.07) is 10.7. The first-order valence-corrected chi connectivity index (χ1v) is 6.51. The van der Waals surface area contributed by atoms with Crippen molar-refractivity contribution < 1.29 is 9.18 Å². The summed E-state index contributed by atoms with van der Waals surface area (Å²) in [6.07, 6.45) is 0. The lowest BCUT2D eigenvalue weighted by Crippen LogP contribution is -2.08. The van der Waals surface area contributed by atoms with Gasteiger partial charge in [0, 0.05) is 5.56 Å². The van der Waals surface area contributed by atoms with Crippen molar-refractivity contribution in [3.8, 4) is 0 Å². The van der Waals surface area contributed by atoms with Crippen molar-refractivity contribution in [2.75, 3.05) is 0 Å². The van der Waals surface area contributed by atoms with Gasteiger partial charge in [0.2, 0.25) is 0 Å². The maximum Gasteiger partial charge on any atom is 0.186 e. The van der Waals surface area contributed by atoms with Crippen molar-refractivity contribution in [2.45, 2.75) is 12.3 Å². The standard InChI is InChI=1S/C15H11Cl2FO/c1-9-3-2-4-12(13(9)16)15(19)14(17)10-5-7-11(18)8-6-10/h2-8,14H,1H3. The lowest BCUT2D eigenvalue weighted by atomic mass is 10.0. The fraction of sp³-hybridized carbons (Fsp3) is 0.133. The molecule has 19 heavy (non-hydrogen) atoms. The Kier molecular flexibility index (Phi) is 4.23. The number of alkyl halides is 1. The average molecular weight is 297 g/mol. The van der Waals surface area contributed by atoms with Crippen LogP contribution in [0.25, 0.3) is 0 Å². The normalized spacial score (nSPS) is 12.2. The van der Waals surface area contributed by atoms with Gasteiger partial charge in [-0.3, -0.25) is 4.79 Å². The maximum absolute atomic E-state index is 12.8. The molecule has 0 N–H and O–H groups in total. The van der Waals surface area contributed by atoms with E-state index >= 15 is 0 Å². The Labute approximate surface area is 121 Å². The van der Waals surface area contributed by atoms with E-state index in [-0.39, 0.29) is 11.6 Å². The lowest BCUT2D eigenvalue weighted by molar-refractivity contribution is 0.0987. The van der Waals surface area contributed by atoms with E-state index in [1.54, 1.807) is 12.1 Å². The number of carbonyl (C=O) groups excluding carboxylic acids is 1. The van der Waals surface area contributed by atoms with E-state index in [0.29, 0.717) is 16.1 Å². The number of Topliss-reactive ketones (excluding diaryl/α,β-unsaturated/α-hetero) is 1. The molecule has 0 aliphatic carbocycles. The molecule has 0 heterocycles. The summed E-state index contributed by atoms with van der Waals surface area (Å²) in [6.45, 7) is 1.82. The predicted molar refractivity (Wildman–Crippen MR) is 75.5 cm³/mol. The molecule has 98 valence electrons. The van der Waals surface area contributed by atoms with E-state index in [0.717, 1.165) is 5.56 Å². The van der Waals surface area contributed by atoms with E-state index < -0.39 is 5.38 Å². The third-order valence-electron chi connectivity index (χ3n) is 2.85. The molecule has 0 saturated carbocycles. The first kappa shape index (κ1) is 14.0. The summed E-state index contributed by atoms with van der Waals surface area (Å²) in [5.41, 5.74) is 1.74. The van der Waals surface area contributed by atoms with Crippen LogP contribution in [0.2, 0.25) is 5.02 Å². The first-order valence-electron chi connectivity index (χ1n) is 5.69. The molecule has 0 spiro atoms. The van der Waals surface area contributed by atoms with Gasteiger partial charge in [0.05, 0.1) is 5.02 Å². The fourth-order valence-electron chi connectivity index (χ4n) is 1.76. The Hall–Kier alpha value is -1.38. The Morgan fingerprint density at radius 3 is 2.42 bits per heavy atom. The van der Waals surface area contributed by atoms with Crippen LogP contribution in [0.1, 0.15) is 26.9 Å². The smallest absolute Gasteiger partial charge is 0.186 e. The molecular weight excluding hydrogens is 286 g/mol. The van der Waals surface area contributed by atoms with E-state index in [2.05, 4.69) is 0 Å². The number of rotatable bonds is 3. The van der Waals surface area contributed by atoms with E-state index in [4.69, 9.17) is 23.2 Å². The zero-order valence-electron chi connectivity index (χ0n) is 10.2. The third kappa shape index (κ3) is 2.96. The minimum absolute atomic E-state index is 0.290. The highest BCUT2D eigenvalue weighted by Crippen LogP contribution is 2.29. The predicted octanol–water partition coefficient (Wildman–Crippen LogP) is 4.95. The number of hydrogen-bond acceptors (Lipinski definition) is 1. The monoisotopic (exact) mass is 296 g/mol. The summed E-state index contributed by atoms with van der Waals surface area (Å²) >= 11 is 12.2. The molecule has 0 aliphatic heterocycles. The van der Waals surface area contributed by atoms with Crippen LogP contribution in [0.3, 0.4) is 0 Å². The van der Waals surface area contributed by atoms with Crippen LogP contribution in [-0.4, -0.2) is 5.78 Å². The minimum Gasteiger partial charge on any atom is -0.292 e. The molecule has 2 aromatic carbocycles. The van der Waals surface area contributed by atoms with Crippen molar-refractivity contribution in [2.24, 2.45) is 0 Å². The SMILES string of the molecule is Cc1cccc(C(=O)C(Cl)c2ccc(F)cc2)c1Cl. The number of halogens is 3. The Bertz CT molecular complexity index is 608. The average Bonchev–Trinajstić information content (AvgIpc) is 2.41. The van der Waals surface area contributed by atoms with Crippen molar-refractivity contribution in [3.63, 3.8) is 0 Å². The summed E-state index contributed by atoms with van der Waals surface area (Å²) in [5, 5.41) is -0.472. The number of hydrogen-bond donors (Lipinski definition) is 0. The topological polar surface area (TPSA) is 17.1 Å². The largest absolute Gasteiger partial charge is 0.292 e. The Balaban J connectivity index is 2.33. The molecular formula is C15H11Cl2FO. The zero-order chi connectivity index (χ0) is 14.0. The van der Waals surface area contributed by atoms with Gasteiger partial charge in [0.1, 0.15) is 11.2 Å². The van der Waals surface area contributed by atoms with Gasteiger partial charge in [-0.15, -0.1) is 11.6 Å². The van der Waals surface area contributed by atoms with E-state index in [9.17, 15) is 9.18 Å². The fourth-order valence-corrected chi connectivity index (χ4v) is 2.24. The molecule has 2 aromatic rings. The van der Waals surface area contributed by atoms with Gasteiger partial charge in [0.25, 0.3) is 0 Å². The summed E-state index contributed by atoms with van der Waals surface area (Å²) in [7, 11) is 0. The van der Waals surface area contributed by atoms with Crippen LogP contribution in [0.15, 0.2) is 42.5 Å². The molecule has 1 nitrogen and oxygen atoms in total. The maximum atomic E-state index is 12.8. The molecule has 4 heteroatoms. The van der Waals surface area contributed by atoms with Gasteiger partial charge in [-0.25, -0.2) is 4.39 Å². The van der Waals surface area contributed by atoms with Gasteiger partial charge in [0.15, 0.2) is 5.78 Å². The van der Waals surface area contributed by atoms with Crippen LogP contribution < -0.4 is 0 Å². The second-order valence-corrected chi connectivity index (χ2v) is 5.03. The highest BCUT2D eigenvalue weighted by Gasteiger charge is 2.22. The van der Waals surface area contributed by atoms with Crippen molar-refractivity contribution >= 4 is 29.0 Å². The van der Waals surface area contributed by atoms with E-state index in [1.807, 2.05) is 13.0 Å². The molecule has 0 aromatic heterocycles.